The quantitative estimate of drug-likeness (QED) is 0.914. The van der Waals surface area contributed by atoms with Gasteiger partial charge in [0.25, 0.3) is 0 Å². The summed E-state index contributed by atoms with van der Waals surface area (Å²) in [7, 11) is 1.60. The lowest BCUT2D eigenvalue weighted by molar-refractivity contribution is 0.292. The zero-order valence-corrected chi connectivity index (χ0v) is 12.2. The predicted molar refractivity (Wildman–Crippen MR) is 81.1 cm³/mol. The van der Waals surface area contributed by atoms with E-state index in [1.165, 1.54) is 0 Å². The number of hydrogen-bond acceptors (Lipinski definition) is 4. The van der Waals surface area contributed by atoms with Crippen molar-refractivity contribution in [2.24, 2.45) is 5.73 Å². The molecule has 0 heterocycles. The molecule has 0 spiro atoms. The van der Waals surface area contributed by atoms with Gasteiger partial charge in [0.05, 0.1) is 18.7 Å². The molecule has 0 saturated heterocycles. The van der Waals surface area contributed by atoms with Crippen LogP contribution in [-0.2, 0) is 6.61 Å². The molecular weight excluding hydrogens is 264 g/mol. The van der Waals surface area contributed by atoms with Crippen LogP contribution in [0.4, 0.5) is 0 Å². The van der Waals surface area contributed by atoms with E-state index in [0.29, 0.717) is 17.9 Å². The number of nitriles is 1. The number of nitrogens with two attached hydrogens (primary N) is 1. The Morgan fingerprint density at radius 1 is 1.19 bits per heavy atom. The Morgan fingerprint density at radius 2 is 1.95 bits per heavy atom. The second-order valence-electron chi connectivity index (χ2n) is 4.75. The average Bonchev–Trinajstić information content (AvgIpc) is 2.52. The van der Waals surface area contributed by atoms with E-state index in [2.05, 4.69) is 6.07 Å². The van der Waals surface area contributed by atoms with E-state index < -0.39 is 0 Å². The van der Waals surface area contributed by atoms with Crippen LogP contribution in [0.5, 0.6) is 11.5 Å². The molecule has 0 aliphatic rings. The highest BCUT2D eigenvalue weighted by molar-refractivity contribution is 5.42. The second-order valence-corrected chi connectivity index (χ2v) is 4.75. The standard InChI is InChI=1S/C17H18N2O2/c1-12(19)15-5-3-4-6-17(15)21-11-14-9-13(10-18)7-8-16(14)20-2/h3-9,12H,11,19H2,1-2H3/t12-/m1/s1. The fourth-order valence-corrected chi connectivity index (χ4v) is 2.10. The summed E-state index contributed by atoms with van der Waals surface area (Å²) in [5.74, 6) is 1.45. The van der Waals surface area contributed by atoms with Gasteiger partial charge in [-0.3, -0.25) is 0 Å². The molecule has 0 aliphatic carbocycles. The van der Waals surface area contributed by atoms with Crippen molar-refractivity contribution >= 4 is 0 Å². The molecule has 2 N–H and O–H groups in total. The third-order valence-corrected chi connectivity index (χ3v) is 3.20. The highest BCUT2D eigenvalue weighted by atomic mass is 16.5. The summed E-state index contributed by atoms with van der Waals surface area (Å²) in [6.45, 7) is 2.24. The third kappa shape index (κ3) is 3.53. The van der Waals surface area contributed by atoms with Crippen molar-refractivity contribution in [2.75, 3.05) is 7.11 Å². The van der Waals surface area contributed by atoms with Crippen LogP contribution in [0.25, 0.3) is 0 Å². The molecule has 4 heteroatoms. The third-order valence-electron chi connectivity index (χ3n) is 3.20. The van der Waals surface area contributed by atoms with Gasteiger partial charge in [-0.15, -0.1) is 0 Å². The first-order valence-electron chi connectivity index (χ1n) is 6.70. The Kier molecular flexibility index (Phi) is 4.81. The minimum Gasteiger partial charge on any atom is -0.496 e. The zero-order valence-electron chi connectivity index (χ0n) is 12.2. The number of para-hydroxylation sites is 1. The summed E-state index contributed by atoms with van der Waals surface area (Å²) in [6.07, 6.45) is 0. The van der Waals surface area contributed by atoms with Gasteiger partial charge in [-0.05, 0) is 31.2 Å². The Hall–Kier alpha value is -2.51. The van der Waals surface area contributed by atoms with Gasteiger partial charge >= 0.3 is 0 Å². The number of ether oxygens (including phenoxy) is 2. The first-order chi connectivity index (χ1) is 10.2. The first kappa shape index (κ1) is 14.9. The highest BCUT2D eigenvalue weighted by Crippen LogP contribution is 2.26. The van der Waals surface area contributed by atoms with Gasteiger partial charge < -0.3 is 15.2 Å². The van der Waals surface area contributed by atoms with Crippen molar-refractivity contribution in [1.82, 2.24) is 0 Å². The number of rotatable bonds is 5. The molecular formula is C17H18N2O2. The van der Waals surface area contributed by atoms with Gasteiger partial charge in [0.15, 0.2) is 0 Å². The maximum Gasteiger partial charge on any atom is 0.125 e. The van der Waals surface area contributed by atoms with Gasteiger partial charge in [-0.2, -0.15) is 5.26 Å². The predicted octanol–water partition coefficient (Wildman–Crippen LogP) is 3.17. The topological polar surface area (TPSA) is 68.3 Å². The lowest BCUT2D eigenvalue weighted by Crippen LogP contribution is -2.08. The van der Waals surface area contributed by atoms with Crippen molar-refractivity contribution in [1.29, 1.82) is 5.26 Å². The lowest BCUT2D eigenvalue weighted by atomic mass is 10.1. The molecule has 2 rings (SSSR count). The molecule has 0 aliphatic heterocycles. The maximum absolute atomic E-state index is 8.98. The van der Waals surface area contributed by atoms with E-state index in [1.807, 2.05) is 31.2 Å². The van der Waals surface area contributed by atoms with Gasteiger partial charge in [0, 0.05) is 17.2 Å². The lowest BCUT2D eigenvalue weighted by Gasteiger charge is -2.15. The largest absolute Gasteiger partial charge is 0.496 e. The molecule has 1 atom stereocenters. The Balaban J connectivity index is 2.22. The van der Waals surface area contributed by atoms with Crippen LogP contribution in [0.3, 0.4) is 0 Å². The average molecular weight is 282 g/mol. The van der Waals surface area contributed by atoms with Crippen LogP contribution in [-0.4, -0.2) is 7.11 Å². The van der Waals surface area contributed by atoms with E-state index in [-0.39, 0.29) is 6.04 Å². The molecule has 0 aromatic heterocycles. The smallest absolute Gasteiger partial charge is 0.125 e. The SMILES string of the molecule is COc1ccc(C#N)cc1COc1ccccc1[C@@H](C)N. The number of methoxy groups -OCH3 is 1. The van der Waals surface area contributed by atoms with Crippen molar-refractivity contribution in [2.45, 2.75) is 19.6 Å². The van der Waals surface area contributed by atoms with Crippen LogP contribution in [0.1, 0.15) is 29.7 Å². The van der Waals surface area contributed by atoms with Crippen LogP contribution in [0.2, 0.25) is 0 Å². The number of benzene rings is 2. The molecule has 0 radical (unpaired) electrons. The molecule has 108 valence electrons. The zero-order chi connectivity index (χ0) is 15.2. The van der Waals surface area contributed by atoms with E-state index in [0.717, 1.165) is 16.9 Å². The monoisotopic (exact) mass is 282 g/mol. The summed E-state index contributed by atoms with van der Waals surface area (Å²) in [6, 6.07) is 15.0. The molecule has 0 fully saturated rings. The molecule has 0 amide bonds. The number of hydrogen-bond donors (Lipinski definition) is 1. The van der Waals surface area contributed by atoms with Crippen molar-refractivity contribution in [3.63, 3.8) is 0 Å². The fourth-order valence-electron chi connectivity index (χ4n) is 2.10. The van der Waals surface area contributed by atoms with E-state index >= 15 is 0 Å². The van der Waals surface area contributed by atoms with Gasteiger partial charge in [-0.1, -0.05) is 18.2 Å². The van der Waals surface area contributed by atoms with Gasteiger partial charge in [-0.25, -0.2) is 0 Å². The van der Waals surface area contributed by atoms with Crippen LogP contribution in [0, 0.1) is 11.3 Å². The maximum atomic E-state index is 8.98. The van der Waals surface area contributed by atoms with Crippen LogP contribution in [0.15, 0.2) is 42.5 Å². The number of nitrogens with zero attached hydrogens (tertiary/aromatic N) is 1. The van der Waals surface area contributed by atoms with Crippen LogP contribution < -0.4 is 15.2 Å². The molecule has 21 heavy (non-hydrogen) atoms. The summed E-state index contributed by atoms with van der Waals surface area (Å²) < 4.78 is 11.2. The minimum atomic E-state index is -0.103. The Bertz CT molecular complexity index is 660. The molecule has 2 aromatic carbocycles. The minimum absolute atomic E-state index is 0.103. The van der Waals surface area contributed by atoms with E-state index in [9.17, 15) is 0 Å². The summed E-state index contributed by atoms with van der Waals surface area (Å²) in [5.41, 5.74) is 8.30. The molecule has 0 saturated carbocycles. The second kappa shape index (κ2) is 6.78. The Labute approximate surface area is 124 Å². The fraction of sp³-hybridized carbons (Fsp3) is 0.235. The van der Waals surface area contributed by atoms with Crippen molar-refractivity contribution < 1.29 is 9.47 Å². The highest BCUT2D eigenvalue weighted by Gasteiger charge is 2.10. The Morgan fingerprint density at radius 3 is 2.62 bits per heavy atom. The summed E-state index contributed by atoms with van der Waals surface area (Å²) >= 11 is 0. The van der Waals surface area contributed by atoms with Gasteiger partial charge in [0.1, 0.15) is 18.1 Å². The van der Waals surface area contributed by atoms with Gasteiger partial charge in [0.2, 0.25) is 0 Å². The van der Waals surface area contributed by atoms with Crippen LogP contribution >= 0.6 is 0 Å². The molecule has 2 aromatic rings. The first-order valence-corrected chi connectivity index (χ1v) is 6.70. The van der Waals surface area contributed by atoms with E-state index in [1.54, 1.807) is 25.3 Å². The van der Waals surface area contributed by atoms with E-state index in [4.69, 9.17) is 20.5 Å². The summed E-state index contributed by atoms with van der Waals surface area (Å²) in [4.78, 5) is 0. The van der Waals surface area contributed by atoms with Crippen molar-refractivity contribution in [3.8, 4) is 17.6 Å². The molecule has 4 nitrogen and oxygen atoms in total. The molecule has 0 bridgehead atoms. The molecule has 0 unspecified atom stereocenters. The van der Waals surface area contributed by atoms with Crippen molar-refractivity contribution in [3.05, 3.63) is 59.2 Å². The normalized spacial score (nSPS) is 11.5. The summed E-state index contributed by atoms with van der Waals surface area (Å²) in [5, 5.41) is 8.98.